The Bertz CT molecular complexity index is 144. The van der Waals surface area contributed by atoms with E-state index in [1.54, 1.807) is 13.8 Å². The van der Waals surface area contributed by atoms with Gasteiger partial charge in [-0.2, -0.15) is 0 Å². The monoisotopic (exact) mass is 397 g/mol. The quantitative estimate of drug-likeness (QED) is 0.415. The maximum atomic E-state index is 10.3. The summed E-state index contributed by atoms with van der Waals surface area (Å²) >= 11 is 0.629. The summed E-state index contributed by atoms with van der Waals surface area (Å²) in [6, 6.07) is 0. The number of thiocyanates is 1. The molecule has 0 aromatic carbocycles. The Kier molecular flexibility index (Phi) is 18.2. The van der Waals surface area contributed by atoms with Crippen LogP contribution in [0.2, 0.25) is 0 Å². The molecule has 0 fully saturated rings. The van der Waals surface area contributed by atoms with Gasteiger partial charge in [-0.15, -0.1) is 9.05 Å². The van der Waals surface area contributed by atoms with Crippen LogP contribution in [0.4, 0.5) is 0 Å². The summed E-state index contributed by atoms with van der Waals surface area (Å²) in [5, 5.41) is 9.57. The minimum absolute atomic E-state index is 0.440. The first kappa shape index (κ1) is 15.3. The molecule has 65 valence electrons. The molecule has 0 atom stereocenters. The third-order valence-corrected chi connectivity index (χ3v) is 3.11. The van der Waals surface area contributed by atoms with Crippen molar-refractivity contribution in [2.45, 2.75) is 13.8 Å². The molecule has 7 heteroatoms. The zero-order valence-electron chi connectivity index (χ0n) is 7.15. The number of hydrogen-bond acceptors (Lipinski definition) is 5. The second-order valence-electron chi connectivity index (χ2n) is 1.29. The van der Waals surface area contributed by atoms with Gasteiger partial charge in [0.25, 0.3) is 0 Å². The van der Waals surface area contributed by atoms with Gasteiger partial charge >= 0.3 is 51.8 Å². The average Bonchev–Trinajstić information content (AvgIpc) is 2.06. The van der Waals surface area contributed by atoms with Crippen LogP contribution in [0, 0.1) is 10.7 Å². The van der Waals surface area contributed by atoms with Gasteiger partial charge in [0.05, 0.1) is 0 Å². The minimum atomic E-state index is -1.83. The molecule has 4 nitrogen and oxygen atoms in total. The Morgan fingerprint density at radius 2 is 1.83 bits per heavy atom. The molecule has 0 aromatic heterocycles. The summed E-state index contributed by atoms with van der Waals surface area (Å²) in [6.45, 7) is 4.42. The third kappa shape index (κ3) is 17.0. The van der Waals surface area contributed by atoms with Gasteiger partial charge in [-0.3, -0.25) is 0 Å². The molecule has 0 aliphatic rings. The molecule has 12 heavy (non-hydrogen) atoms. The molecule has 0 heterocycles. The fourth-order valence-electron chi connectivity index (χ4n) is 0.248. The molecule has 0 rings (SSSR count). The summed E-state index contributed by atoms with van der Waals surface area (Å²) in [4.78, 5) is 0. The van der Waals surface area contributed by atoms with Crippen LogP contribution in [0.15, 0.2) is 0 Å². The van der Waals surface area contributed by atoms with E-state index in [0.717, 1.165) is 0 Å². The van der Waals surface area contributed by atoms with Crippen molar-refractivity contribution in [1.29, 1.82) is 5.26 Å². The van der Waals surface area contributed by atoms with Gasteiger partial charge in [-0.05, 0) is 13.8 Å². The summed E-state index contributed by atoms with van der Waals surface area (Å²) in [5.41, 5.74) is 0. The summed E-state index contributed by atoms with van der Waals surface area (Å²) < 4.78 is 19.5. The normalized spacial score (nSPS) is 7.92. The Morgan fingerprint density at radius 1 is 1.50 bits per heavy atom. The molecule has 0 unspecified atom stereocenters. The number of nitriles is 1. The van der Waals surface area contributed by atoms with Crippen molar-refractivity contribution < 1.29 is 38.2 Å². The van der Waals surface area contributed by atoms with E-state index in [4.69, 9.17) is 5.26 Å². The van der Waals surface area contributed by atoms with E-state index in [1.165, 1.54) is 8.24 Å². The molecule has 0 bridgehead atoms. The first-order valence-electron chi connectivity index (χ1n) is 3.26. The second kappa shape index (κ2) is 14.3. The standard InChI is InChI=1S/C4H10O3P.CHNS.Hg/c1-3-6-8(5)7-4-2;2-1-3;/h3-4H2,1-2H3;3H;/q+1;;+1/p-1. The van der Waals surface area contributed by atoms with E-state index in [0.29, 0.717) is 37.8 Å². The van der Waals surface area contributed by atoms with Crippen LogP contribution >= 0.6 is 16.5 Å². The van der Waals surface area contributed by atoms with Crippen LogP contribution < -0.4 is 0 Å². The van der Waals surface area contributed by atoms with E-state index in [-0.39, 0.29) is 0 Å². The molecule has 0 radical (unpaired) electrons. The molecular weight excluding hydrogens is 386 g/mol. The Hall–Kier alpha value is 0.795. The first-order chi connectivity index (χ1) is 5.72. The van der Waals surface area contributed by atoms with Crippen molar-refractivity contribution in [3.63, 3.8) is 0 Å². The predicted octanol–water partition coefficient (Wildman–Crippen LogP) is 2.38. The van der Waals surface area contributed by atoms with E-state index in [2.05, 4.69) is 9.05 Å². The molecule has 0 aliphatic heterocycles. The van der Waals surface area contributed by atoms with Crippen molar-refractivity contribution >= 4 is 16.5 Å². The zero-order valence-corrected chi connectivity index (χ0v) is 14.4. The molecule has 0 saturated heterocycles. The van der Waals surface area contributed by atoms with Crippen LogP contribution in [0.5, 0.6) is 0 Å². The van der Waals surface area contributed by atoms with Crippen LogP contribution in [0.3, 0.4) is 0 Å². The van der Waals surface area contributed by atoms with Gasteiger partial charge in [-0.1, -0.05) is 0 Å². The molecule has 0 aliphatic carbocycles. The molecule has 0 saturated carbocycles. The zero-order chi connectivity index (χ0) is 9.82. The van der Waals surface area contributed by atoms with Crippen LogP contribution in [0.1, 0.15) is 13.8 Å². The fraction of sp³-hybridized carbons (Fsp3) is 0.800. The van der Waals surface area contributed by atoms with Crippen molar-refractivity contribution in [3.05, 3.63) is 0 Å². The Morgan fingerprint density at radius 3 is 2.00 bits per heavy atom. The van der Waals surface area contributed by atoms with E-state index >= 15 is 0 Å². The fourth-order valence-corrected chi connectivity index (χ4v) is 0.744. The number of rotatable bonds is 4. The topological polar surface area (TPSA) is 59.3 Å². The van der Waals surface area contributed by atoms with Crippen LogP contribution in [-0.2, 0) is 38.2 Å². The van der Waals surface area contributed by atoms with Gasteiger partial charge in [0.2, 0.25) is 0 Å². The SMILES string of the molecule is CCO[P+](=O)OCC.N#C[S][Hg]. The molecular formula is C5H10HgNO3PS+. The van der Waals surface area contributed by atoms with E-state index < -0.39 is 8.25 Å². The summed E-state index contributed by atoms with van der Waals surface area (Å²) in [5.74, 6) is 0. The third-order valence-electron chi connectivity index (χ3n) is 0.534. The van der Waals surface area contributed by atoms with Gasteiger partial charge < -0.3 is 0 Å². The molecule has 0 spiro atoms. The van der Waals surface area contributed by atoms with Crippen molar-refractivity contribution in [1.82, 2.24) is 0 Å². The van der Waals surface area contributed by atoms with Gasteiger partial charge in [0, 0.05) is 4.57 Å². The first-order valence-corrected chi connectivity index (χ1v) is 12.1. The Labute approximate surface area is 92.0 Å². The van der Waals surface area contributed by atoms with Gasteiger partial charge in [0.1, 0.15) is 13.2 Å². The van der Waals surface area contributed by atoms with Crippen molar-refractivity contribution in [2.24, 2.45) is 0 Å². The van der Waals surface area contributed by atoms with Gasteiger partial charge in [0.15, 0.2) is 0 Å². The number of nitrogens with zero attached hydrogens (tertiary/aromatic N) is 1. The molecule has 0 amide bonds. The summed E-state index contributed by atoms with van der Waals surface area (Å²) in [6.07, 6.45) is 0. The van der Waals surface area contributed by atoms with Crippen LogP contribution in [0.25, 0.3) is 0 Å². The maximum absolute atomic E-state index is 10.3. The van der Waals surface area contributed by atoms with Crippen molar-refractivity contribution in [3.8, 4) is 5.40 Å². The number of hydrogen-bond donors (Lipinski definition) is 0. The van der Waals surface area contributed by atoms with Crippen LogP contribution in [-0.4, -0.2) is 13.2 Å². The second-order valence-corrected chi connectivity index (χ2v) is 6.10. The molecule has 0 N–H and O–H groups in total. The average molecular weight is 396 g/mol. The van der Waals surface area contributed by atoms with E-state index in [1.807, 2.05) is 5.40 Å². The van der Waals surface area contributed by atoms with Gasteiger partial charge in [-0.25, -0.2) is 0 Å². The predicted molar refractivity (Wildman–Crippen MR) is 44.1 cm³/mol. The van der Waals surface area contributed by atoms with Crippen molar-refractivity contribution in [2.75, 3.05) is 13.2 Å². The Balaban J connectivity index is 0. The molecule has 0 aromatic rings. The summed E-state index contributed by atoms with van der Waals surface area (Å²) in [7, 11) is -0.474. The van der Waals surface area contributed by atoms with E-state index in [9.17, 15) is 4.57 Å².